The van der Waals surface area contributed by atoms with Gasteiger partial charge in [0, 0.05) is 5.92 Å². The van der Waals surface area contributed by atoms with Gasteiger partial charge in [-0.15, -0.1) is 0 Å². The number of carboxylic acids is 1. The molecular weight excluding hydrogens is 432 g/mol. The van der Waals surface area contributed by atoms with E-state index in [1.807, 2.05) is 48.5 Å². The van der Waals surface area contributed by atoms with E-state index in [1.165, 1.54) is 18.2 Å². The van der Waals surface area contributed by atoms with E-state index in [-0.39, 0.29) is 28.8 Å². The van der Waals surface area contributed by atoms with Crippen LogP contribution in [0.1, 0.15) is 27.4 Å². The molecule has 0 saturated carbocycles. The second-order valence-electron chi connectivity index (χ2n) is 7.05. The number of carbonyl (C=O) groups excluding carboxylic acids is 2. The number of nitrogens with one attached hydrogen (secondary N) is 1. The van der Waals surface area contributed by atoms with Crippen molar-refractivity contribution in [3.63, 3.8) is 0 Å². The Hall–Kier alpha value is -3.97. The van der Waals surface area contributed by atoms with Gasteiger partial charge < -0.3 is 15.2 Å². The number of rotatable bonds is 5. The summed E-state index contributed by atoms with van der Waals surface area (Å²) in [4.78, 5) is 38.6. The number of ether oxygens (including phenoxy) is 1. The smallest absolute Gasteiger partial charge is 0.433 e. The fourth-order valence-corrected chi connectivity index (χ4v) is 3.88. The van der Waals surface area contributed by atoms with Crippen LogP contribution >= 0.6 is 11.6 Å². The lowest BCUT2D eigenvalue weighted by molar-refractivity contribution is -0.110. The first-order valence-corrected chi connectivity index (χ1v) is 10.0. The summed E-state index contributed by atoms with van der Waals surface area (Å²) >= 11 is 5.97. The predicted octanol–water partition coefficient (Wildman–Crippen LogP) is 5.00. The number of nitrogens with zero attached hydrogens (tertiary/aromatic N) is 1. The van der Waals surface area contributed by atoms with Crippen LogP contribution in [0.2, 0.25) is 5.02 Å². The summed E-state index contributed by atoms with van der Waals surface area (Å²) < 4.78 is 5.30. The predicted molar refractivity (Wildman–Crippen MR) is 121 cm³/mol. The van der Waals surface area contributed by atoms with Crippen LogP contribution in [0.4, 0.5) is 10.5 Å². The molecule has 0 atom stereocenters. The quantitative estimate of drug-likeness (QED) is 0.534. The van der Waals surface area contributed by atoms with Crippen LogP contribution in [0.25, 0.3) is 11.1 Å². The topological polar surface area (TPSA) is 105 Å². The lowest BCUT2D eigenvalue weighted by Crippen LogP contribution is -2.15. The second-order valence-corrected chi connectivity index (χ2v) is 7.46. The van der Waals surface area contributed by atoms with Gasteiger partial charge in [0.1, 0.15) is 6.61 Å². The Kier molecular flexibility index (Phi) is 6.00. The van der Waals surface area contributed by atoms with E-state index in [0.717, 1.165) is 28.5 Å². The molecule has 0 aliphatic heterocycles. The van der Waals surface area contributed by atoms with Gasteiger partial charge in [-0.25, -0.2) is 9.59 Å². The Labute approximate surface area is 188 Å². The molecule has 0 heterocycles. The summed E-state index contributed by atoms with van der Waals surface area (Å²) in [7, 11) is 0. The Balaban J connectivity index is 1.37. The number of amides is 2. The molecule has 0 aromatic heterocycles. The van der Waals surface area contributed by atoms with E-state index in [9.17, 15) is 14.4 Å². The first-order valence-electron chi connectivity index (χ1n) is 9.67. The maximum Gasteiger partial charge on any atom is 0.433 e. The standard InChI is InChI=1S/C24H17ClN2O5/c25-20-11-14(23(29)30)9-10-21(20)27-22(28)12-26-24(31)32-13-19-17-7-3-1-5-15(17)16-6-2-4-8-18(16)19/h1-12,19H,13H2,(H,27,28)(H,29,30)/b26-12+. The fraction of sp³-hybridized carbons (Fsp3) is 0.0833. The highest BCUT2D eigenvalue weighted by Gasteiger charge is 2.28. The van der Waals surface area contributed by atoms with E-state index >= 15 is 0 Å². The zero-order valence-corrected chi connectivity index (χ0v) is 17.4. The molecule has 8 heteroatoms. The molecule has 0 bridgehead atoms. The molecule has 0 unspecified atom stereocenters. The molecule has 2 N–H and O–H groups in total. The number of aliphatic imine (C=N–C) groups is 1. The normalized spacial score (nSPS) is 12.3. The Morgan fingerprint density at radius 2 is 1.62 bits per heavy atom. The average molecular weight is 449 g/mol. The summed E-state index contributed by atoms with van der Waals surface area (Å²) in [5.41, 5.74) is 4.54. The van der Waals surface area contributed by atoms with Crippen molar-refractivity contribution in [1.29, 1.82) is 0 Å². The summed E-state index contributed by atoms with van der Waals surface area (Å²) in [6.45, 7) is 0.0916. The molecule has 1 aliphatic carbocycles. The molecule has 1 aliphatic rings. The third-order valence-electron chi connectivity index (χ3n) is 5.10. The molecule has 0 saturated heterocycles. The molecular formula is C24H17ClN2O5. The van der Waals surface area contributed by atoms with E-state index in [1.54, 1.807) is 0 Å². The number of anilines is 1. The fourth-order valence-electron chi connectivity index (χ4n) is 3.66. The van der Waals surface area contributed by atoms with Crippen LogP contribution in [0, 0.1) is 0 Å². The van der Waals surface area contributed by atoms with Crippen molar-refractivity contribution >= 4 is 41.5 Å². The molecule has 160 valence electrons. The van der Waals surface area contributed by atoms with E-state index in [2.05, 4.69) is 10.3 Å². The number of benzene rings is 3. The highest BCUT2D eigenvalue weighted by Crippen LogP contribution is 2.44. The van der Waals surface area contributed by atoms with Gasteiger partial charge in [-0.1, -0.05) is 60.1 Å². The third-order valence-corrected chi connectivity index (χ3v) is 5.41. The second kappa shape index (κ2) is 9.03. The van der Waals surface area contributed by atoms with Crippen LogP contribution < -0.4 is 5.32 Å². The van der Waals surface area contributed by atoms with Crippen molar-refractivity contribution in [1.82, 2.24) is 0 Å². The highest BCUT2D eigenvalue weighted by atomic mass is 35.5. The largest absolute Gasteiger partial charge is 0.478 e. The molecule has 0 fully saturated rings. The van der Waals surface area contributed by atoms with Gasteiger partial charge in [0.05, 0.1) is 22.5 Å². The van der Waals surface area contributed by atoms with Gasteiger partial charge in [0.25, 0.3) is 5.91 Å². The summed E-state index contributed by atoms with van der Waals surface area (Å²) in [6, 6.07) is 19.8. The zero-order valence-electron chi connectivity index (χ0n) is 16.6. The van der Waals surface area contributed by atoms with Gasteiger partial charge >= 0.3 is 12.1 Å². The summed E-state index contributed by atoms with van der Waals surface area (Å²) in [5, 5.41) is 11.4. The zero-order chi connectivity index (χ0) is 22.7. The highest BCUT2D eigenvalue weighted by molar-refractivity contribution is 6.37. The minimum absolute atomic E-state index is 0.0136. The first-order chi connectivity index (χ1) is 15.4. The molecule has 3 aromatic rings. The van der Waals surface area contributed by atoms with Crippen LogP contribution in [0.15, 0.2) is 71.7 Å². The molecule has 32 heavy (non-hydrogen) atoms. The van der Waals surface area contributed by atoms with E-state index in [4.69, 9.17) is 21.4 Å². The number of hydrogen-bond donors (Lipinski definition) is 2. The number of carbonyl (C=O) groups is 3. The number of halogens is 1. The number of carboxylic acid groups (broad SMARTS) is 1. The van der Waals surface area contributed by atoms with Crippen LogP contribution in [-0.4, -0.2) is 35.9 Å². The molecule has 0 radical (unpaired) electrons. The Morgan fingerprint density at radius 3 is 2.22 bits per heavy atom. The van der Waals surface area contributed by atoms with Crippen molar-refractivity contribution in [3.8, 4) is 11.1 Å². The van der Waals surface area contributed by atoms with Crippen LogP contribution in [-0.2, 0) is 9.53 Å². The summed E-state index contributed by atoms with van der Waals surface area (Å²) in [5.74, 6) is -1.95. The van der Waals surface area contributed by atoms with Crippen molar-refractivity contribution in [3.05, 3.63) is 88.4 Å². The van der Waals surface area contributed by atoms with Crippen molar-refractivity contribution in [2.75, 3.05) is 11.9 Å². The average Bonchev–Trinajstić information content (AvgIpc) is 3.11. The number of aromatic carboxylic acids is 1. The Bertz CT molecular complexity index is 1210. The lowest BCUT2D eigenvalue weighted by Gasteiger charge is -2.12. The first kappa shape index (κ1) is 21.3. The molecule has 4 rings (SSSR count). The minimum Gasteiger partial charge on any atom is -0.478 e. The molecule has 0 spiro atoms. The number of hydrogen-bond acceptors (Lipinski definition) is 4. The monoisotopic (exact) mass is 448 g/mol. The van der Waals surface area contributed by atoms with Crippen LogP contribution in [0.3, 0.4) is 0 Å². The lowest BCUT2D eigenvalue weighted by atomic mass is 9.98. The molecule has 7 nitrogen and oxygen atoms in total. The van der Waals surface area contributed by atoms with Crippen LogP contribution in [0.5, 0.6) is 0 Å². The molecule has 2 amide bonds. The van der Waals surface area contributed by atoms with Crippen molar-refractivity contribution in [2.24, 2.45) is 4.99 Å². The van der Waals surface area contributed by atoms with E-state index < -0.39 is 18.0 Å². The van der Waals surface area contributed by atoms with Gasteiger partial charge in [0.15, 0.2) is 0 Å². The van der Waals surface area contributed by atoms with E-state index in [0.29, 0.717) is 0 Å². The van der Waals surface area contributed by atoms with Gasteiger partial charge in [-0.2, -0.15) is 4.99 Å². The maximum atomic E-state index is 12.1. The molecule has 3 aromatic carbocycles. The van der Waals surface area contributed by atoms with Gasteiger partial charge in [-0.3, -0.25) is 4.79 Å². The van der Waals surface area contributed by atoms with Gasteiger partial charge in [0.2, 0.25) is 0 Å². The maximum absolute atomic E-state index is 12.1. The Morgan fingerprint density at radius 1 is 1.00 bits per heavy atom. The number of fused-ring (bicyclic) bond motifs is 3. The van der Waals surface area contributed by atoms with Crippen molar-refractivity contribution < 1.29 is 24.2 Å². The van der Waals surface area contributed by atoms with Gasteiger partial charge in [-0.05, 0) is 40.5 Å². The summed E-state index contributed by atoms with van der Waals surface area (Å²) in [6.07, 6.45) is -0.102. The third kappa shape index (κ3) is 4.38. The SMILES string of the molecule is O=C(/C=N/C(=O)OCC1c2ccccc2-c2ccccc21)Nc1ccc(C(=O)O)cc1Cl. The van der Waals surface area contributed by atoms with Crippen molar-refractivity contribution in [2.45, 2.75) is 5.92 Å². The minimum atomic E-state index is -1.14.